The maximum absolute atomic E-state index is 16.7. The Morgan fingerprint density at radius 3 is 0.667 bits per heavy atom. The molecule has 0 radical (unpaired) electrons. The van der Waals surface area contributed by atoms with Crippen LogP contribution >= 0.6 is 0 Å². The maximum atomic E-state index is 16.7. The Morgan fingerprint density at radius 2 is 0.448 bits per heavy atom. The van der Waals surface area contributed by atoms with Gasteiger partial charge >= 0.3 is 47.9 Å². The highest BCUT2D eigenvalue weighted by Gasteiger charge is 2.83. The maximum Gasteiger partial charge on any atom is 0.460 e. The van der Waals surface area contributed by atoms with Crippen molar-refractivity contribution in [1.82, 2.24) is 15.0 Å². The van der Waals surface area contributed by atoms with E-state index in [1.807, 2.05) is 0 Å². The predicted molar refractivity (Wildman–Crippen MR) is 215 cm³/mol. The first-order valence-electron chi connectivity index (χ1n) is 21.5. The van der Waals surface area contributed by atoms with Crippen molar-refractivity contribution in [2.75, 3.05) is 4.90 Å². The molecule has 7 rings (SSSR count). The van der Waals surface area contributed by atoms with E-state index in [2.05, 4.69) is 15.0 Å². The average molecular weight is 1310 g/mol. The van der Waals surface area contributed by atoms with Crippen LogP contribution in [0.4, 0.5) is 175 Å². The van der Waals surface area contributed by atoms with Gasteiger partial charge in [-0.25, -0.2) is 84.0 Å². The third-order valence-electron chi connectivity index (χ3n) is 12.0. The van der Waals surface area contributed by atoms with E-state index >= 15 is 35.1 Å². The molecule has 468 valence electrons. The van der Waals surface area contributed by atoms with Crippen molar-refractivity contribution in [3.05, 3.63) is 164 Å². The minimum absolute atomic E-state index is 0.274. The molecular weight excluding hydrogens is 1300 g/mol. The second kappa shape index (κ2) is 21.2. The summed E-state index contributed by atoms with van der Waals surface area (Å²) >= 11 is 0. The lowest BCUT2D eigenvalue weighted by Gasteiger charge is -2.33. The first kappa shape index (κ1) is 66.1. The van der Waals surface area contributed by atoms with Crippen LogP contribution in [-0.4, -0.2) is 51.0 Å². The van der Waals surface area contributed by atoms with E-state index in [-0.39, 0.29) is 24.3 Å². The Labute approximate surface area is 452 Å². The number of aromatic nitrogens is 3. The second-order valence-electron chi connectivity index (χ2n) is 17.1. The first-order valence-corrected chi connectivity index (χ1v) is 21.5. The van der Waals surface area contributed by atoms with Gasteiger partial charge in [-0.1, -0.05) is 48.5 Å². The van der Waals surface area contributed by atoms with E-state index in [0.29, 0.717) is 0 Å². The normalized spacial score (nSPS) is 13.3. The van der Waals surface area contributed by atoms with E-state index < -0.39 is 255 Å². The van der Waals surface area contributed by atoms with Crippen molar-refractivity contribution in [3.8, 4) is 45.0 Å². The monoisotopic (exact) mass is 1310 g/mol. The molecule has 0 aliphatic carbocycles. The fraction of sp³-hybridized carbons (Fsp3) is 0.170. The van der Waals surface area contributed by atoms with Gasteiger partial charge in [0.15, 0.2) is 105 Å². The summed E-state index contributed by atoms with van der Waals surface area (Å²) < 4.78 is 527. The average Bonchev–Trinajstić information content (AvgIpc) is 0.781. The standard InChI is InChI=1S/C47H8F36N4/c48-17-13(18(49)26(57)29(60)25(17)56)15-21(52)31(62)35(32(63)22(15)53)87(36-33(64)23(54)16(24(55)34(36)65)14-19(50)27(58)30(61)28(59)20(14)51)39-85-37(9-1-5-11(6-2-9)40(66,67)42(70,71)44(74,75)46(78,79)80)84-38(86-39)10-3-7-12(8-4-10)41(68,69)43(72,73)45(76,77)47(81,82)83/h1-8H. The number of anilines is 3. The molecule has 0 unspecified atom stereocenters. The molecule has 4 nitrogen and oxygen atoms in total. The summed E-state index contributed by atoms with van der Waals surface area (Å²) in [6, 6.07) is -3.51. The SMILES string of the molecule is Fc1c(F)c(F)c(-c2c(F)c(F)c(N(c3nc(-c4ccc(C(F)(F)C(F)(F)C(F)(F)C(F)(F)F)cc4)nc(-c4ccc(C(F)(F)C(F)(F)C(F)(F)C(F)(F)F)cc4)n3)c3c(F)c(F)c(-c4c(F)c(F)c(F)c(F)c4F)c(F)c3F)c(F)c2F)c(F)c1F. The smallest absolute Gasteiger partial charge is 0.267 e. The van der Waals surface area contributed by atoms with Crippen molar-refractivity contribution >= 4 is 17.3 Å². The van der Waals surface area contributed by atoms with Crippen LogP contribution in [0.1, 0.15) is 11.1 Å². The summed E-state index contributed by atoms with van der Waals surface area (Å²) in [7, 11) is 0. The van der Waals surface area contributed by atoms with Gasteiger partial charge in [-0.2, -0.15) is 89.0 Å². The van der Waals surface area contributed by atoms with Crippen molar-refractivity contribution in [2.24, 2.45) is 0 Å². The summed E-state index contributed by atoms with van der Waals surface area (Å²) in [5.74, 6) is -112. The molecule has 0 spiro atoms. The third-order valence-corrected chi connectivity index (χ3v) is 12.0. The van der Waals surface area contributed by atoms with Gasteiger partial charge < -0.3 is 0 Å². The number of benzene rings is 6. The zero-order valence-corrected chi connectivity index (χ0v) is 39.5. The highest BCUT2D eigenvalue weighted by molar-refractivity contribution is 5.82. The number of hydrogen-bond acceptors (Lipinski definition) is 4. The molecule has 87 heavy (non-hydrogen) atoms. The lowest BCUT2D eigenvalue weighted by molar-refractivity contribution is -0.399. The molecule has 0 aliphatic rings. The number of nitrogens with zero attached hydrogens (tertiary/aromatic N) is 4. The van der Waals surface area contributed by atoms with Crippen molar-refractivity contribution in [3.63, 3.8) is 0 Å². The van der Waals surface area contributed by atoms with Crippen molar-refractivity contribution < 1.29 is 158 Å². The van der Waals surface area contributed by atoms with Gasteiger partial charge in [0.25, 0.3) is 0 Å². The van der Waals surface area contributed by atoms with Crippen LogP contribution in [0.15, 0.2) is 48.5 Å². The first-order chi connectivity index (χ1) is 39.5. The molecule has 0 saturated carbocycles. The number of hydrogen-bond donors (Lipinski definition) is 0. The van der Waals surface area contributed by atoms with Crippen LogP contribution in [0, 0.1) is 105 Å². The lowest BCUT2D eigenvalue weighted by atomic mass is 9.95. The van der Waals surface area contributed by atoms with E-state index in [0.717, 1.165) is 0 Å². The van der Waals surface area contributed by atoms with E-state index in [4.69, 9.17) is 0 Å². The Morgan fingerprint density at radius 1 is 0.241 bits per heavy atom. The zero-order chi connectivity index (χ0) is 66.3. The van der Waals surface area contributed by atoms with Gasteiger partial charge in [-0.3, -0.25) is 4.90 Å². The van der Waals surface area contributed by atoms with E-state index in [1.165, 1.54) is 0 Å². The lowest BCUT2D eigenvalue weighted by Crippen LogP contribution is -2.59. The quantitative estimate of drug-likeness (QED) is 0.0655. The minimum Gasteiger partial charge on any atom is -0.267 e. The fourth-order valence-electron chi connectivity index (χ4n) is 7.53. The molecule has 0 N–H and O–H groups in total. The number of alkyl halides is 18. The topological polar surface area (TPSA) is 41.9 Å². The second-order valence-corrected chi connectivity index (χ2v) is 17.1. The molecule has 40 heteroatoms. The Balaban J connectivity index is 1.63. The molecule has 0 fully saturated rings. The van der Waals surface area contributed by atoms with Crippen LogP contribution in [0.3, 0.4) is 0 Å². The third kappa shape index (κ3) is 9.72. The summed E-state index contributed by atoms with van der Waals surface area (Å²) in [4.78, 5) is 7.93. The van der Waals surface area contributed by atoms with Crippen LogP contribution in [0.2, 0.25) is 0 Å². The molecule has 0 bridgehead atoms. The van der Waals surface area contributed by atoms with Gasteiger partial charge in [0.05, 0.1) is 22.3 Å². The van der Waals surface area contributed by atoms with Gasteiger partial charge in [0, 0.05) is 22.3 Å². The van der Waals surface area contributed by atoms with Crippen LogP contribution in [0.25, 0.3) is 45.0 Å². The van der Waals surface area contributed by atoms with Crippen molar-refractivity contribution in [2.45, 2.75) is 47.9 Å². The van der Waals surface area contributed by atoms with E-state index in [1.54, 1.807) is 0 Å². The molecule has 0 amide bonds. The van der Waals surface area contributed by atoms with E-state index in [9.17, 15) is 123 Å². The molecule has 0 aliphatic heterocycles. The fourth-order valence-corrected chi connectivity index (χ4v) is 7.53. The van der Waals surface area contributed by atoms with Gasteiger partial charge in [0.2, 0.25) is 17.6 Å². The molecular formula is C47H8F36N4. The van der Waals surface area contributed by atoms with Crippen LogP contribution < -0.4 is 4.90 Å². The summed E-state index contributed by atoms with van der Waals surface area (Å²) in [6.45, 7) is 0. The van der Waals surface area contributed by atoms with Gasteiger partial charge in [-0.05, 0) is 0 Å². The van der Waals surface area contributed by atoms with Gasteiger partial charge in [0.1, 0.15) is 11.4 Å². The Hall–Kier alpha value is -8.39. The van der Waals surface area contributed by atoms with Crippen molar-refractivity contribution in [1.29, 1.82) is 0 Å². The highest BCUT2D eigenvalue weighted by atomic mass is 19.4. The summed E-state index contributed by atoms with van der Waals surface area (Å²) in [5.41, 5.74) is -27.1. The summed E-state index contributed by atoms with van der Waals surface area (Å²) in [5, 5.41) is 0. The van der Waals surface area contributed by atoms with Crippen LogP contribution in [0.5, 0.6) is 0 Å². The molecule has 7 aromatic rings. The molecule has 1 heterocycles. The van der Waals surface area contributed by atoms with Gasteiger partial charge in [-0.15, -0.1) is 0 Å². The molecule has 0 atom stereocenters. The summed E-state index contributed by atoms with van der Waals surface area (Å²) in [6.07, 6.45) is -15.0. The zero-order valence-electron chi connectivity index (χ0n) is 39.5. The number of rotatable bonds is 13. The predicted octanol–water partition coefficient (Wildman–Crippen LogP) is 18.4. The molecule has 0 saturated heterocycles. The Bertz CT molecular complexity index is 3580. The minimum atomic E-state index is -7.65. The van der Waals surface area contributed by atoms with Crippen LogP contribution in [-0.2, 0) is 11.8 Å². The number of halogens is 36. The Kier molecular flexibility index (Phi) is 16.1. The largest absolute Gasteiger partial charge is 0.460 e. The highest BCUT2D eigenvalue weighted by Crippen LogP contribution is 2.59. The molecule has 1 aromatic heterocycles. The molecule has 6 aromatic carbocycles.